The van der Waals surface area contributed by atoms with E-state index in [1.807, 2.05) is 6.07 Å². The van der Waals surface area contributed by atoms with Crippen LogP contribution in [0.2, 0.25) is 0 Å². The summed E-state index contributed by atoms with van der Waals surface area (Å²) < 4.78 is 32.6. The third kappa shape index (κ3) is 5.15. The summed E-state index contributed by atoms with van der Waals surface area (Å²) in [6.07, 6.45) is 7.78. The van der Waals surface area contributed by atoms with Gasteiger partial charge in [0.25, 0.3) is 5.91 Å². The first-order valence-corrected chi connectivity index (χ1v) is 12.9. The van der Waals surface area contributed by atoms with Gasteiger partial charge < -0.3 is 20.1 Å². The molecule has 1 saturated heterocycles. The van der Waals surface area contributed by atoms with Crippen molar-refractivity contribution in [2.75, 3.05) is 19.6 Å². The fourth-order valence-electron chi connectivity index (χ4n) is 5.20. The second kappa shape index (κ2) is 9.86. The van der Waals surface area contributed by atoms with E-state index in [2.05, 4.69) is 30.7 Å². The highest BCUT2D eigenvalue weighted by Crippen LogP contribution is 2.44. The van der Waals surface area contributed by atoms with Crippen LogP contribution >= 0.6 is 0 Å². The summed E-state index contributed by atoms with van der Waals surface area (Å²) in [4.78, 5) is 37.3. The lowest BCUT2D eigenvalue weighted by molar-refractivity contribution is -0.128. The number of hydrogen-bond donors (Lipinski definition) is 2. The Kier molecular flexibility index (Phi) is 6.38. The van der Waals surface area contributed by atoms with Gasteiger partial charge >= 0.3 is 0 Å². The first-order valence-electron chi connectivity index (χ1n) is 12.9. The van der Waals surface area contributed by atoms with Gasteiger partial charge in [0.1, 0.15) is 18.0 Å². The molecule has 6 rings (SSSR count). The van der Waals surface area contributed by atoms with Crippen molar-refractivity contribution < 1.29 is 22.9 Å². The molecule has 38 heavy (non-hydrogen) atoms. The molecule has 9 nitrogen and oxygen atoms in total. The smallest absolute Gasteiger partial charge is 0.273 e. The number of carbonyl (C=O) groups is 2. The topological polar surface area (TPSA) is 113 Å². The molecular formula is C27H28F2N6O3. The van der Waals surface area contributed by atoms with Gasteiger partial charge in [-0.15, -0.1) is 0 Å². The number of nitrogens with zero attached hydrogens (tertiary/aromatic N) is 4. The second-order valence-corrected chi connectivity index (χ2v) is 10.5. The summed E-state index contributed by atoms with van der Waals surface area (Å²) >= 11 is 0. The van der Waals surface area contributed by atoms with Crippen molar-refractivity contribution in [3.8, 4) is 11.3 Å². The molecule has 3 aromatic rings. The lowest BCUT2D eigenvalue weighted by Gasteiger charge is -2.38. The van der Waals surface area contributed by atoms with Crippen LogP contribution < -0.4 is 10.6 Å². The van der Waals surface area contributed by atoms with Crippen molar-refractivity contribution in [1.29, 1.82) is 0 Å². The summed E-state index contributed by atoms with van der Waals surface area (Å²) in [7, 11) is 0. The average molecular weight is 523 g/mol. The minimum Gasteiger partial charge on any atom is -0.355 e. The molecule has 11 heteroatoms. The molecule has 2 aliphatic carbocycles. The van der Waals surface area contributed by atoms with Gasteiger partial charge in [0.05, 0.1) is 22.7 Å². The van der Waals surface area contributed by atoms with Gasteiger partial charge in [-0.1, -0.05) is 5.16 Å². The van der Waals surface area contributed by atoms with Gasteiger partial charge in [-0.2, -0.15) is 0 Å². The molecule has 1 aromatic carbocycles. The van der Waals surface area contributed by atoms with E-state index < -0.39 is 35.0 Å². The molecule has 0 bridgehead atoms. The number of carbonyl (C=O) groups excluding carboxylic acids is 2. The van der Waals surface area contributed by atoms with E-state index in [1.54, 1.807) is 6.20 Å². The van der Waals surface area contributed by atoms with E-state index in [0.29, 0.717) is 18.9 Å². The van der Waals surface area contributed by atoms with E-state index >= 15 is 0 Å². The van der Waals surface area contributed by atoms with E-state index in [-0.39, 0.29) is 22.9 Å². The zero-order valence-electron chi connectivity index (χ0n) is 20.7. The second-order valence-electron chi connectivity index (χ2n) is 10.5. The summed E-state index contributed by atoms with van der Waals surface area (Å²) in [6, 6.07) is 5.80. The maximum absolute atomic E-state index is 14.2. The Morgan fingerprint density at radius 3 is 2.68 bits per heavy atom. The van der Waals surface area contributed by atoms with Crippen LogP contribution in [0.1, 0.15) is 48.3 Å². The van der Waals surface area contributed by atoms with E-state index in [0.717, 1.165) is 43.8 Å². The molecule has 0 unspecified atom stereocenters. The largest absolute Gasteiger partial charge is 0.355 e. The molecule has 3 fully saturated rings. The Balaban J connectivity index is 1.17. The number of nitrogens with one attached hydrogen (secondary N) is 2. The molecule has 2 aromatic heterocycles. The zero-order valence-corrected chi connectivity index (χ0v) is 20.7. The van der Waals surface area contributed by atoms with Crippen molar-refractivity contribution >= 4 is 11.8 Å². The zero-order chi connectivity index (χ0) is 26.3. The molecule has 2 atom stereocenters. The van der Waals surface area contributed by atoms with Crippen LogP contribution in [-0.2, 0) is 10.3 Å². The van der Waals surface area contributed by atoms with Crippen LogP contribution in [-0.4, -0.2) is 57.5 Å². The maximum atomic E-state index is 14.2. The van der Waals surface area contributed by atoms with Gasteiger partial charge in [-0.3, -0.25) is 9.59 Å². The highest BCUT2D eigenvalue weighted by atomic mass is 19.1. The molecule has 0 spiro atoms. The molecule has 2 N–H and O–H groups in total. The summed E-state index contributed by atoms with van der Waals surface area (Å²) in [6.45, 7) is 2.27. The van der Waals surface area contributed by atoms with Crippen LogP contribution in [0, 0.1) is 23.5 Å². The minimum absolute atomic E-state index is 0.00282. The van der Waals surface area contributed by atoms with Crippen LogP contribution in [0.4, 0.5) is 8.78 Å². The van der Waals surface area contributed by atoms with Gasteiger partial charge in [-0.05, 0) is 56.2 Å². The number of halogens is 2. The molecular weight excluding hydrogens is 494 g/mol. The Morgan fingerprint density at radius 2 is 1.97 bits per heavy atom. The van der Waals surface area contributed by atoms with Crippen molar-refractivity contribution in [1.82, 2.24) is 30.7 Å². The Morgan fingerprint density at radius 1 is 1.13 bits per heavy atom. The Bertz CT molecular complexity index is 1340. The predicted octanol–water partition coefficient (Wildman–Crippen LogP) is 3.05. The summed E-state index contributed by atoms with van der Waals surface area (Å²) in [5.41, 5.74) is 0.259. The Hall–Kier alpha value is -3.73. The molecule has 198 valence electrons. The van der Waals surface area contributed by atoms with Crippen LogP contribution in [0.25, 0.3) is 11.3 Å². The van der Waals surface area contributed by atoms with E-state index in [1.165, 1.54) is 31.3 Å². The average Bonchev–Trinajstić information content (AvgIpc) is 3.84. The number of amides is 2. The quantitative estimate of drug-likeness (QED) is 0.468. The van der Waals surface area contributed by atoms with Gasteiger partial charge in [0, 0.05) is 44.0 Å². The third-order valence-electron chi connectivity index (χ3n) is 7.69. The molecule has 2 amide bonds. The number of piperidine rings is 1. The minimum atomic E-state index is -0.814. The Labute approximate surface area is 218 Å². The SMILES string of the molecule is O=C(N[C@H]1CCN(CC2CC2)C[C@@H]1C(=O)NC1(c2ccncn2)CC1)c1cc(-c2ccc(F)cc2F)on1. The van der Waals surface area contributed by atoms with Crippen LogP contribution in [0.3, 0.4) is 0 Å². The molecule has 3 aliphatic rings. The normalized spacial score (nSPS) is 22.6. The number of rotatable bonds is 8. The molecule has 0 radical (unpaired) electrons. The third-order valence-corrected chi connectivity index (χ3v) is 7.69. The van der Waals surface area contributed by atoms with E-state index in [9.17, 15) is 18.4 Å². The van der Waals surface area contributed by atoms with Gasteiger partial charge in [0.15, 0.2) is 11.5 Å². The predicted molar refractivity (Wildman–Crippen MR) is 131 cm³/mol. The van der Waals surface area contributed by atoms with Gasteiger partial charge in [0.2, 0.25) is 5.91 Å². The summed E-state index contributed by atoms with van der Waals surface area (Å²) in [5.74, 6) is -1.94. The standard InChI is InChI=1S/C27H28F2N6O3/c28-17-3-4-18(20(29)11-17)23-12-22(34-38-23)26(37)32-21-6-10-35(13-16-1-2-16)14-19(21)25(36)33-27(7-8-27)24-5-9-30-15-31-24/h3-5,9,11-12,15-16,19,21H,1-2,6-8,10,13-14H2,(H,32,37)(H,33,36)/t19-,21-/m0/s1. The monoisotopic (exact) mass is 522 g/mol. The van der Waals surface area contributed by atoms with Crippen molar-refractivity contribution in [3.63, 3.8) is 0 Å². The van der Waals surface area contributed by atoms with Crippen molar-refractivity contribution in [3.05, 3.63) is 65.9 Å². The summed E-state index contributed by atoms with van der Waals surface area (Å²) in [5, 5.41) is 9.96. The van der Waals surface area contributed by atoms with Crippen LogP contribution in [0.5, 0.6) is 0 Å². The maximum Gasteiger partial charge on any atom is 0.273 e. The number of likely N-dealkylation sites (tertiary alicyclic amines) is 1. The lowest BCUT2D eigenvalue weighted by Crippen LogP contribution is -2.57. The van der Waals surface area contributed by atoms with E-state index in [4.69, 9.17) is 4.52 Å². The molecule has 3 heterocycles. The molecule has 2 saturated carbocycles. The fourth-order valence-corrected chi connectivity index (χ4v) is 5.20. The van der Waals surface area contributed by atoms with Crippen LogP contribution in [0.15, 0.2) is 47.4 Å². The highest BCUT2D eigenvalue weighted by molar-refractivity contribution is 5.94. The number of aromatic nitrogens is 3. The van der Waals surface area contributed by atoms with Gasteiger partial charge in [-0.25, -0.2) is 18.7 Å². The number of benzene rings is 1. The fraction of sp³-hybridized carbons (Fsp3) is 0.444. The number of hydrogen-bond acceptors (Lipinski definition) is 7. The first kappa shape index (κ1) is 24.6. The first-order chi connectivity index (χ1) is 18.4. The van der Waals surface area contributed by atoms with Crippen molar-refractivity contribution in [2.24, 2.45) is 11.8 Å². The lowest BCUT2D eigenvalue weighted by atomic mass is 9.90. The molecule has 1 aliphatic heterocycles. The highest BCUT2D eigenvalue weighted by Gasteiger charge is 2.49. The van der Waals surface area contributed by atoms with Crippen molar-refractivity contribution in [2.45, 2.75) is 43.7 Å².